The van der Waals surface area contributed by atoms with Crippen molar-refractivity contribution in [3.8, 4) is 0 Å². The summed E-state index contributed by atoms with van der Waals surface area (Å²) in [7, 11) is 2.01. The van der Waals surface area contributed by atoms with E-state index in [0.717, 1.165) is 38.1 Å². The van der Waals surface area contributed by atoms with Gasteiger partial charge in [-0.05, 0) is 57.1 Å². The normalized spacial score (nSPS) is 26.2. The molecule has 2 saturated heterocycles. The SMILES string of the molecule is CN1CCC(C(=O)N2C[C@@H](O)C[C@H]2c2cccc(C(F)(F)F)c2)CC1. The van der Waals surface area contributed by atoms with E-state index in [0.29, 0.717) is 5.56 Å². The number of carbonyl (C=O) groups excluding carboxylic acids is 1. The third kappa shape index (κ3) is 3.98. The number of amides is 1. The van der Waals surface area contributed by atoms with Crippen LogP contribution in [0.3, 0.4) is 0 Å². The van der Waals surface area contributed by atoms with Crippen LogP contribution in [0.4, 0.5) is 13.2 Å². The zero-order chi connectivity index (χ0) is 18.2. The van der Waals surface area contributed by atoms with Gasteiger partial charge in [-0.2, -0.15) is 13.2 Å². The highest BCUT2D eigenvalue weighted by atomic mass is 19.4. The van der Waals surface area contributed by atoms with Gasteiger partial charge in [-0.1, -0.05) is 12.1 Å². The molecular weight excluding hydrogens is 333 g/mol. The van der Waals surface area contributed by atoms with Crippen molar-refractivity contribution in [2.75, 3.05) is 26.7 Å². The van der Waals surface area contributed by atoms with Crippen molar-refractivity contribution in [1.29, 1.82) is 0 Å². The molecule has 0 spiro atoms. The number of aliphatic hydroxyl groups excluding tert-OH is 1. The van der Waals surface area contributed by atoms with Crippen molar-refractivity contribution < 1.29 is 23.1 Å². The van der Waals surface area contributed by atoms with Gasteiger partial charge in [0.25, 0.3) is 0 Å². The summed E-state index contributed by atoms with van der Waals surface area (Å²) in [5.74, 6) is -0.165. The van der Waals surface area contributed by atoms with Crippen LogP contribution in [-0.4, -0.2) is 53.6 Å². The Morgan fingerprint density at radius 2 is 1.92 bits per heavy atom. The Kier molecular flexibility index (Phi) is 5.06. The number of β-amino-alcohol motifs (C(OH)–C–C–N with tert-alkyl or cyclic N) is 1. The van der Waals surface area contributed by atoms with E-state index < -0.39 is 23.9 Å². The molecule has 1 N–H and O–H groups in total. The molecule has 2 aliphatic rings. The zero-order valence-corrected chi connectivity index (χ0v) is 14.2. The number of hydrogen-bond donors (Lipinski definition) is 1. The van der Waals surface area contributed by atoms with Crippen molar-refractivity contribution in [3.63, 3.8) is 0 Å². The second-order valence-corrected chi connectivity index (χ2v) is 7.10. The van der Waals surface area contributed by atoms with Crippen LogP contribution >= 0.6 is 0 Å². The van der Waals surface area contributed by atoms with Gasteiger partial charge in [0.15, 0.2) is 0 Å². The van der Waals surface area contributed by atoms with Gasteiger partial charge in [-0.15, -0.1) is 0 Å². The lowest BCUT2D eigenvalue weighted by Gasteiger charge is -2.33. The molecule has 138 valence electrons. The Bertz CT molecular complexity index is 627. The second kappa shape index (κ2) is 6.96. The first-order valence-electron chi connectivity index (χ1n) is 8.60. The standard InChI is InChI=1S/C18H23F3N2O2/c1-22-7-5-12(6-8-22)17(25)23-11-15(24)10-16(23)13-3-2-4-14(9-13)18(19,20)21/h2-4,9,12,15-16,24H,5-8,10-11H2,1H3/t15-,16-/m0/s1. The third-order valence-electron chi connectivity index (χ3n) is 5.23. The Morgan fingerprint density at radius 3 is 2.56 bits per heavy atom. The van der Waals surface area contributed by atoms with Crippen molar-refractivity contribution >= 4 is 5.91 Å². The summed E-state index contributed by atoms with van der Waals surface area (Å²) in [6, 6.07) is 4.59. The van der Waals surface area contributed by atoms with Crippen LogP contribution in [0, 0.1) is 5.92 Å². The minimum Gasteiger partial charge on any atom is -0.391 e. The number of benzene rings is 1. The molecule has 4 nitrogen and oxygen atoms in total. The van der Waals surface area contributed by atoms with Crippen LogP contribution in [0.25, 0.3) is 0 Å². The summed E-state index contributed by atoms with van der Waals surface area (Å²) in [6.45, 7) is 1.86. The smallest absolute Gasteiger partial charge is 0.391 e. The van der Waals surface area contributed by atoms with Gasteiger partial charge in [-0.25, -0.2) is 0 Å². The highest BCUT2D eigenvalue weighted by Gasteiger charge is 2.39. The number of halogens is 3. The van der Waals surface area contributed by atoms with Gasteiger partial charge in [-0.3, -0.25) is 4.79 Å². The van der Waals surface area contributed by atoms with E-state index >= 15 is 0 Å². The van der Waals surface area contributed by atoms with Crippen molar-refractivity contribution in [2.45, 2.75) is 37.6 Å². The summed E-state index contributed by atoms with van der Waals surface area (Å²) in [6.07, 6.45) is -3.35. The number of hydrogen-bond acceptors (Lipinski definition) is 3. The summed E-state index contributed by atoms with van der Waals surface area (Å²) >= 11 is 0. The van der Waals surface area contributed by atoms with Gasteiger partial charge >= 0.3 is 6.18 Å². The van der Waals surface area contributed by atoms with Gasteiger partial charge in [0, 0.05) is 12.5 Å². The number of carbonyl (C=O) groups is 1. The van der Waals surface area contributed by atoms with E-state index in [1.165, 1.54) is 6.07 Å². The van der Waals surface area contributed by atoms with Crippen LogP contribution in [-0.2, 0) is 11.0 Å². The van der Waals surface area contributed by atoms with Crippen LogP contribution in [0.2, 0.25) is 0 Å². The molecule has 25 heavy (non-hydrogen) atoms. The Hall–Kier alpha value is -1.60. The predicted molar refractivity (Wildman–Crippen MR) is 86.7 cm³/mol. The average molecular weight is 356 g/mol. The molecule has 2 aliphatic heterocycles. The van der Waals surface area contributed by atoms with E-state index in [9.17, 15) is 23.1 Å². The number of aliphatic hydroxyl groups is 1. The van der Waals surface area contributed by atoms with Gasteiger partial charge in [0.05, 0.1) is 17.7 Å². The lowest BCUT2D eigenvalue weighted by molar-refractivity contribution is -0.138. The number of piperidine rings is 1. The van der Waals surface area contributed by atoms with Gasteiger partial charge in [0.2, 0.25) is 5.91 Å². The minimum atomic E-state index is -4.42. The summed E-state index contributed by atoms with van der Waals surface area (Å²) < 4.78 is 38.9. The first-order valence-corrected chi connectivity index (χ1v) is 8.60. The Balaban J connectivity index is 1.81. The molecule has 2 fully saturated rings. The lowest BCUT2D eigenvalue weighted by atomic mass is 9.94. The van der Waals surface area contributed by atoms with E-state index in [-0.39, 0.29) is 24.8 Å². The van der Waals surface area contributed by atoms with E-state index in [4.69, 9.17) is 0 Å². The highest BCUT2D eigenvalue weighted by Crippen LogP contribution is 2.37. The number of alkyl halides is 3. The molecule has 7 heteroatoms. The largest absolute Gasteiger partial charge is 0.416 e. The molecule has 0 unspecified atom stereocenters. The number of nitrogens with zero attached hydrogens (tertiary/aromatic N) is 2. The molecular formula is C18H23F3N2O2. The monoisotopic (exact) mass is 356 g/mol. The number of likely N-dealkylation sites (tertiary alicyclic amines) is 2. The zero-order valence-electron chi connectivity index (χ0n) is 14.2. The van der Waals surface area contributed by atoms with E-state index in [1.54, 1.807) is 11.0 Å². The molecule has 1 aromatic carbocycles. The second-order valence-electron chi connectivity index (χ2n) is 7.10. The molecule has 0 saturated carbocycles. The third-order valence-corrected chi connectivity index (χ3v) is 5.23. The molecule has 2 atom stereocenters. The van der Waals surface area contributed by atoms with E-state index in [1.807, 2.05) is 7.05 Å². The quantitative estimate of drug-likeness (QED) is 0.886. The molecule has 1 aromatic rings. The summed E-state index contributed by atoms with van der Waals surface area (Å²) in [4.78, 5) is 16.6. The maximum Gasteiger partial charge on any atom is 0.416 e. The first kappa shape index (κ1) is 18.2. The fourth-order valence-electron chi connectivity index (χ4n) is 3.79. The molecule has 0 aliphatic carbocycles. The molecule has 0 radical (unpaired) electrons. The van der Waals surface area contributed by atoms with Crippen LogP contribution in [0.5, 0.6) is 0 Å². The summed E-state index contributed by atoms with van der Waals surface area (Å²) in [5, 5.41) is 10.0. The Morgan fingerprint density at radius 1 is 1.24 bits per heavy atom. The van der Waals surface area contributed by atoms with Crippen LogP contribution in [0.15, 0.2) is 24.3 Å². The molecule has 0 aromatic heterocycles. The van der Waals surface area contributed by atoms with Gasteiger partial charge < -0.3 is 14.9 Å². The van der Waals surface area contributed by atoms with E-state index in [2.05, 4.69) is 4.90 Å². The maximum absolute atomic E-state index is 13.0. The fourth-order valence-corrected chi connectivity index (χ4v) is 3.79. The topological polar surface area (TPSA) is 43.8 Å². The predicted octanol–water partition coefficient (Wildman–Crippen LogP) is 2.68. The van der Waals surface area contributed by atoms with Crippen molar-refractivity contribution in [1.82, 2.24) is 9.80 Å². The summed E-state index contributed by atoms with van der Waals surface area (Å²) in [5.41, 5.74) is -0.286. The highest BCUT2D eigenvalue weighted by molar-refractivity contribution is 5.80. The van der Waals surface area contributed by atoms with Crippen molar-refractivity contribution in [2.24, 2.45) is 5.92 Å². The van der Waals surface area contributed by atoms with Crippen LogP contribution < -0.4 is 0 Å². The maximum atomic E-state index is 13.0. The minimum absolute atomic E-state index is 0.0490. The van der Waals surface area contributed by atoms with Crippen molar-refractivity contribution in [3.05, 3.63) is 35.4 Å². The molecule has 3 rings (SSSR count). The number of rotatable bonds is 2. The Labute approximate surface area is 145 Å². The first-order chi connectivity index (χ1) is 11.8. The molecule has 1 amide bonds. The fraction of sp³-hybridized carbons (Fsp3) is 0.611. The van der Waals surface area contributed by atoms with Gasteiger partial charge in [0.1, 0.15) is 0 Å². The van der Waals surface area contributed by atoms with Crippen LogP contribution in [0.1, 0.15) is 36.4 Å². The lowest BCUT2D eigenvalue weighted by Crippen LogP contribution is -2.41. The average Bonchev–Trinajstić information content (AvgIpc) is 2.96. The molecule has 2 heterocycles. The molecule has 0 bridgehead atoms.